The largest absolute Gasteiger partial charge is 0.481 e. The van der Waals surface area contributed by atoms with E-state index in [-0.39, 0.29) is 0 Å². The van der Waals surface area contributed by atoms with E-state index in [2.05, 4.69) is 0 Å². The second-order valence-electron chi connectivity index (χ2n) is 9.81. The molecule has 0 saturated heterocycles. The molecule has 0 atom stereocenters. The summed E-state index contributed by atoms with van der Waals surface area (Å²) in [6.45, 7) is 0. The van der Waals surface area contributed by atoms with E-state index in [1.165, 1.54) is 141 Å². The number of halogens is 2. The molecule has 0 fully saturated rings. The molecule has 5 heteroatoms. The van der Waals surface area contributed by atoms with Gasteiger partial charge in [0.2, 0.25) is 7.42 Å². The van der Waals surface area contributed by atoms with Crippen LogP contribution in [-0.2, 0) is 4.79 Å². The molecule has 0 radical (unpaired) electrons. The minimum atomic E-state index is -1.34. The van der Waals surface area contributed by atoms with E-state index in [1.807, 2.05) is 0 Å². The fraction of sp³-hybridized carbons (Fsp3) is 0.963. The van der Waals surface area contributed by atoms with E-state index in [4.69, 9.17) is 27.3 Å². The van der Waals surface area contributed by atoms with Gasteiger partial charge in [0.15, 0.2) is 0 Å². The molecule has 0 aromatic carbocycles. The van der Waals surface area contributed by atoms with Gasteiger partial charge in [-0.05, 0) is 12.5 Å². The maximum absolute atomic E-state index is 10.4. The minimum Gasteiger partial charge on any atom is -0.481 e. The van der Waals surface area contributed by atoms with Crippen LogP contribution in [0.4, 0.5) is 0 Å². The van der Waals surface area contributed by atoms with Crippen LogP contribution in [0.15, 0.2) is 0 Å². The zero-order valence-corrected chi connectivity index (χ0v) is 23.7. The molecule has 192 valence electrons. The predicted octanol–water partition coefficient (Wildman–Crippen LogP) is 10.5. The van der Waals surface area contributed by atoms with E-state index in [0.717, 1.165) is 18.9 Å². The van der Waals surface area contributed by atoms with Gasteiger partial charge in [-0.2, -0.15) is 22.2 Å². The molecule has 0 aromatic heterocycles. The van der Waals surface area contributed by atoms with E-state index in [9.17, 15) is 4.79 Å². The second-order valence-corrected chi connectivity index (χ2v) is 15.0. The smallest absolute Gasteiger partial charge is 0.303 e. The van der Waals surface area contributed by atoms with Crippen LogP contribution in [0, 0.1) is 0 Å². The molecule has 0 bridgehead atoms. The maximum atomic E-state index is 10.4. The highest BCUT2D eigenvalue weighted by atomic mass is 35.7. The summed E-state index contributed by atoms with van der Waals surface area (Å²) < 4.78 is 0. The molecule has 0 aliphatic rings. The average molecular weight is 510 g/mol. The van der Waals surface area contributed by atoms with Gasteiger partial charge in [0.25, 0.3) is 0 Å². The summed E-state index contributed by atoms with van der Waals surface area (Å²) in [5.41, 5.74) is 0. The molecule has 0 amide bonds. The second kappa shape index (κ2) is 27.5. The van der Waals surface area contributed by atoms with E-state index >= 15 is 0 Å². The lowest BCUT2D eigenvalue weighted by molar-refractivity contribution is -0.137. The summed E-state index contributed by atoms with van der Waals surface area (Å²) in [6, 6.07) is 1.09. The third kappa shape index (κ3) is 30.3. The minimum absolute atomic E-state index is 0.342. The number of carboxylic acids is 1. The summed E-state index contributed by atoms with van der Waals surface area (Å²) in [5, 5.41) is 8.60. The van der Waals surface area contributed by atoms with Crippen LogP contribution in [0.3, 0.4) is 0 Å². The Balaban J connectivity index is 3.02. The van der Waals surface area contributed by atoms with Gasteiger partial charge < -0.3 is 5.11 Å². The standard InChI is InChI=1S/C27H54Cl2O2Si/c28-32(29)26-24-22-20-18-16-14-12-10-8-6-4-2-1-3-5-7-9-11-13-15-17-19-21-23-25-27(30)31/h32H,1-26H2,(H,30,31). The Labute approximate surface area is 211 Å². The number of aliphatic carboxylic acids is 1. The average Bonchev–Trinajstić information content (AvgIpc) is 2.75. The SMILES string of the molecule is O=C(O)CCCCCCCCCCCCCCCCCCCCCCCCCC[SiH](Cl)Cl. The van der Waals surface area contributed by atoms with Crippen LogP contribution >= 0.6 is 22.2 Å². The Kier molecular flexibility index (Phi) is 27.7. The van der Waals surface area contributed by atoms with Crippen LogP contribution in [0.1, 0.15) is 161 Å². The molecular weight excluding hydrogens is 455 g/mol. The molecule has 1 N–H and O–H groups in total. The van der Waals surface area contributed by atoms with Crippen molar-refractivity contribution < 1.29 is 9.90 Å². The van der Waals surface area contributed by atoms with Gasteiger partial charge in [0.1, 0.15) is 0 Å². The molecule has 0 rings (SSSR count). The zero-order valence-electron chi connectivity index (χ0n) is 21.1. The Morgan fingerprint density at radius 2 is 0.656 bits per heavy atom. The summed E-state index contributed by atoms with van der Waals surface area (Å²) >= 11 is 11.8. The fourth-order valence-corrected chi connectivity index (χ4v) is 5.99. The van der Waals surface area contributed by atoms with Crippen LogP contribution < -0.4 is 0 Å². The quantitative estimate of drug-likeness (QED) is 0.0679. The van der Waals surface area contributed by atoms with Crippen LogP contribution in [0.2, 0.25) is 6.04 Å². The third-order valence-electron chi connectivity index (χ3n) is 6.56. The summed E-state index contributed by atoms with van der Waals surface area (Å²) in [4.78, 5) is 10.4. The van der Waals surface area contributed by atoms with Crippen molar-refractivity contribution in [1.82, 2.24) is 0 Å². The number of hydrogen-bond donors (Lipinski definition) is 1. The number of hydrogen-bond acceptors (Lipinski definition) is 1. The normalized spacial score (nSPS) is 11.5. The van der Waals surface area contributed by atoms with Gasteiger partial charge in [-0.15, -0.1) is 0 Å². The molecule has 0 aliphatic heterocycles. The summed E-state index contributed by atoms with van der Waals surface area (Å²) in [6.07, 6.45) is 32.8. The first-order valence-corrected chi connectivity index (χ1v) is 18.4. The lowest BCUT2D eigenvalue weighted by Crippen LogP contribution is -1.93. The number of carboxylic acid groups (broad SMARTS) is 1. The predicted molar refractivity (Wildman–Crippen MR) is 147 cm³/mol. The molecule has 0 aromatic rings. The van der Waals surface area contributed by atoms with E-state index < -0.39 is 13.4 Å². The lowest BCUT2D eigenvalue weighted by Gasteiger charge is -2.04. The van der Waals surface area contributed by atoms with Crippen molar-refractivity contribution in [2.24, 2.45) is 0 Å². The first-order valence-electron chi connectivity index (χ1n) is 14.1. The van der Waals surface area contributed by atoms with E-state index in [0.29, 0.717) is 6.42 Å². The van der Waals surface area contributed by atoms with Gasteiger partial charge in [-0.1, -0.05) is 148 Å². The Hall–Kier alpha value is 0.267. The third-order valence-corrected chi connectivity index (χ3v) is 8.72. The van der Waals surface area contributed by atoms with Crippen molar-refractivity contribution >= 4 is 35.5 Å². The zero-order chi connectivity index (χ0) is 23.5. The first kappa shape index (κ1) is 32.3. The summed E-state index contributed by atoms with van der Waals surface area (Å²) in [7, 11) is -1.34. The molecule has 0 saturated carbocycles. The van der Waals surface area contributed by atoms with Crippen molar-refractivity contribution in [3.8, 4) is 0 Å². The van der Waals surface area contributed by atoms with Gasteiger partial charge >= 0.3 is 5.97 Å². The highest BCUT2D eigenvalue weighted by Gasteiger charge is 2.01. The Morgan fingerprint density at radius 1 is 0.438 bits per heavy atom. The van der Waals surface area contributed by atoms with Crippen LogP contribution in [-0.4, -0.2) is 18.5 Å². The van der Waals surface area contributed by atoms with Crippen molar-refractivity contribution in [3.05, 3.63) is 0 Å². The molecule has 32 heavy (non-hydrogen) atoms. The Bertz CT molecular complexity index is 381. The van der Waals surface area contributed by atoms with Gasteiger partial charge in [0.05, 0.1) is 0 Å². The maximum Gasteiger partial charge on any atom is 0.303 e. The molecule has 0 spiro atoms. The highest BCUT2D eigenvalue weighted by molar-refractivity contribution is 7.33. The van der Waals surface area contributed by atoms with Crippen LogP contribution in [0.5, 0.6) is 0 Å². The summed E-state index contributed by atoms with van der Waals surface area (Å²) in [5.74, 6) is -0.653. The lowest BCUT2D eigenvalue weighted by atomic mass is 10.0. The van der Waals surface area contributed by atoms with Crippen molar-refractivity contribution in [3.63, 3.8) is 0 Å². The highest BCUT2D eigenvalue weighted by Crippen LogP contribution is 2.16. The monoisotopic (exact) mass is 508 g/mol. The van der Waals surface area contributed by atoms with Crippen LogP contribution in [0.25, 0.3) is 0 Å². The molecule has 0 heterocycles. The van der Waals surface area contributed by atoms with Gasteiger partial charge in [-0.25, -0.2) is 0 Å². The molecule has 0 aliphatic carbocycles. The molecule has 0 unspecified atom stereocenters. The first-order chi connectivity index (χ1) is 15.6. The molecule has 2 nitrogen and oxygen atoms in total. The fourth-order valence-electron chi connectivity index (χ4n) is 4.46. The number of rotatable bonds is 27. The molecular formula is C27H54Cl2O2Si. The van der Waals surface area contributed by atoms with Gasteiger partial charge in [-0.3, -0.25) is 4.79 Å². The number of carbonyl (C=O) groups is 1. The van der Waals surface area contributed by atoms with Gasteiger partial charge in [0, 0.05) is 6.42 Å². The topological polar surface area (TPSA) is 37.3 Å². The van der Waals surface area contributed by atoms with Crippen molar-refractivity contribution in [1.29, 1.82) is 0 Å². The van der Waals surface area contributed by atoms with E-state index in [1.54, 1.807) is 0 Å². The Morgan fingerprint density at radius 3 is 0.875 bits per heavy atom. The van der Waals surface area contributed by atoms with Crippen molar-refractivity contribution in [2.45, 2.75) is 167 Å². The van der Waals surface area contributed by atoms with Crippen molar-refractivity contribution in [2.75, 3.05) is 0 Å². The number of unbranched alkanes of at least 4 members (excludes halogenated alkanes) is 23.